The zero-order valence-corrected chi connectivity index (χ0v) is 15.0. The maximum atomic E-state index is 11.6. The first-order chi connectivity index (χ1) is 10.1. The van der Waals surface area contributed by atoms with Crippen LogP contribution in [0.3, 0.4) is 0 Å². The Bertz CT molecular complexity index is 431. The number of nitrogens with one attached hydrogen (secondary N) is 1. The number of benzene rings is 1. The average molecular weight is 291 g/mol. The predicted octanol–water partition coefficient (Wildman–Crippen LogP) is 5.91. The summed E-state index contributed by atoms with van der Waals surface area (Å²) in [5, 5.41) is 3.59. The summed E-state index contributed by atoms with van der Waals surface area (Å²) in [6.45, 7) is 13.7. The molecule has 0 heterocycles. The molecule has 1 saturated carbocycles. The van der Waals surface area contributed by atoms with Gasteiger partial charge in [-0.2, -0.15) is 0 Å². The van der Waals surface area contributed by atoms with Crippen molar-refractivity contribution < 1.29 is 4.79 Å². The topological polar surface area (TPSA) is 29.1 Å². The monoisotopic (exact) mass is 291 g/mol. The van der Waals surface area contributed by atoms with Gasteiger partial charge in [0.1, 0.15) is 0 Å². The van der Waals surface area contributed by atoms with Crippen molar-refractivity contribution in [2.45, 2.75) is 80.2 Å². The summed E-state index contributed by atoms with van der Waals surface area (Å²) in [6.07, 6.45) is 5.15. The van der Waals surface area contributed by atoms with E-state index < -0.39 is 0 Å². The van der Waals surface area contributed by atoms with Crippen LogP contribution in [-0.4, -0.2) is 11.8 Å². The van der Waals surface area contributed by atoms with Gasteiger partial charge < -0.3 is 5.32 Å². The molecule has 2 heteroatoms. The fourth-order valence-corrected chi connectivity index (χ4v) is 2.66. The third kappa shape index (κ3) is 5.91. The van der Waals surface area contributed by atoms with Crippen molar-refractivity contribution in [3.8, 4) is 0 Å². The fraction of sp³-hybridized carbons (Fsp3) is 0.632. The minimum atomic E-state index is 0.153. The predicted molar refractivity (Wildman–Crippen MR) is 94.5 cm³/mol. The number of aryl methyl sites for hydroxylation is 1. The lowest BCUT2D eigenvalue weighted by Crippen LogP contribution is -2.16. The fourth-order valence-electron chi connectivity index (χ4n) is 2.66. The van der Waals surface area contributed by atoms with Crippen LogP contribution in [0.5, 0.6) is 0 Å². The number of hydrogen-bond acceptors (Lipinski definition) is 2. The molecule has 120 valence electrons. The first-order valence-corrected chi connectivity index (χ1v) is 8.46. The quantitative estimate of drug-likeness (QED) is 0.701. The van der Waals surface area contributed by atoms with Gasteiger partial charge in [0.05, 0.1) is 0 Å². The van der Waals surface area contributed by atoms with Crippen LogP contribution in [0.1, 0.15) is 81.8 Å². The van der Waals surface area contributed by atoms with E-state index in [-0.39, 0.29) is 5.78 Å². The number of ketones is 1. The highest BCUT2D eigenvalue weighted by atomic mass is 16.1. The van der Waals surface area contributed by atoms with Gasteiger partial charge in [-0.3, -0.25) is 4.79 Å². The van der Waals surface area contributed by atoms with Crippen LogP contribution in [-0.2, 0) is 0 Å². The van der Waals surface area contributed by atoms with Gasteiger partial charge in [-0.25, -0.2) is 0 Å². The standard InChI is InChI=1S/C15H21NO.2C2H6/c1-10-8-14(12(3)17)11(2)15(9-10)16-13-6-4-5-7-13;2*1-2/h8-9,13,16H,4-7H2,1-3H3;2*1-2H3. The molecule has 0 aliphatic heterocycles. The van der Waals surface area contributed by atoms with Crippen LogP contribution < -0.4 is 5.32 Å². The van der Waals surface area contributed by atoms with Crippen molar-refractivity contribution in [1.29, 1.82) is 0 Å². The smallest absolute Gasteiger partial charge is 0.160 e. The van der Waals surface area contributed by atoms with Crippen molar-refractivity contribution >= 4 is 11.5 Å². The van der Waals surface area contributed by atoms with Crippen molar-refractivity contribution in [1.82, 2.24) is 0 Å². The van der Waals surface area contributed by atoms with Crippen LogP contribution in [0, 0.1) is 13.8 Å². The highest BCUT2D eigenvalue weighted by molar-refractivity contribution is 5.97. The number of anilines is 1. The van der Waals surface area contributed by atoms with E-state index in [1.807, 2.05) is 47.6 Å². The Hall–Kier alpha value is -1.31. The van der Waals surface area contributed by atoms with E-state index in [1.165, 1.54) is 25.7 Å². The lowest BCUT2D eigenvalue weighted by Gasteiger charge is -2.18. The van der Waals surface area contributed by atoms with E-state index in [4.69, 9.17) is 0 Å². The Balaban J connectivity index is 0.000000921. The summed E-state index contributed by atoms with van der Waals surface area (Å²) in [4.78, 5) is 11.6. The summed E-state index contributed by atoms with van der Waals surface area (Å²) in [5.41, 5.74) is 4.24. The van der Waals surface area contributed by atoms with Crippen molar-refractivity contribution in [3.05, 3.63) is 28.8 Å². The van der Waals surface area contributed by atoms with Gasteiger partial charge in [0.2, 0.25) is 0 Å². The molecule has 0 radical (unpaired) electrons. The van der Waals surface area contributed by atoms with E-state index in [1.54, 1.807) is 6.92 Å². The van der Waals surface area contributed by atoms with Crippen molar-refractivity contribution in [3.63, 3.8) is 0 Å². The molecule has 0 unspecified atom stereocenters. The van der Waals surface area contributed by atoms with Gasteiger partial charge in [-0.05, 0) is 56.9 Å². The summed E-state index contributed by atoms with van der Waals surface area (Å²) in [5.74, 6) is 0.153. The molecule has 0 saturated heterocycles. The van der Waals surface area contributed by atoms with Crippen molar-refractivity contribution in [2.75, 3.05) is 5.32 Å². The average Bonchev–Trinajstić information content (AvgIpc) is 2.99. The minimum absolute atomic E-state index is 0.153. The van der Waals surface area contributed by atoms with Gasteiger partial charge >= 0.3 is 0 Å². The van der Waals surface area contributed by atoms with E-state index in [0.29, 0.717) is 6.04 Å². The second-order valence-electron chi connectivity index (χ2n) is 5.17. The van der Waals surface area contributed by atoms with E-state index in [2.05, 4.69) is 11.4 Å². The number of carbonyl (C=O) groups excluding carboxylic acids is 1. The normalized spacial score (nSPS) is 13.7. The maximum Gasteiger partial charge on any atom is 0.160 e. The van der Waals surface area contributed by atoms with Gasteiger partial charge in [0.25, 0.3) is 0 Å². The molecule has 1 fully saturated rings. The van der Waals surface area contributed by atoms with Gasteiger partial charge in [-0.1, -0.05) is 40.5 Å². The van der Waals surface area contributed by atoms with Gasteiger partial charge in [-0.15, -0.1) is 0 Å². The van der Waals surface area contributed by atoms with Crippen LogP contribution in [0.15, 0.2) is 12.1 Å². The molecule has 0 atom stereocenters. The highest BCUT2D eigenvalue weighted by Gasteiger charge is 2.17. The summed E-state index contributed by atoms with van der Waals surface area (Å²) >= 11 is 0. The summed E-state index contributed by atoms with van der Waals surface area (Å²) < 4.78 is 0. The largest absolute Gasteiger partial charge is 0.382 e. The Labute approximate surface area is 131 Å². The lowest BCUT2D eigenvalue weighted by molar-refractivity contribution is 0.101. The van der Waals surface area contributed by atoms with E-state index in [9.17, 15) is 4.79 Å². The number of rotatable bonds is 3. The molecule has 1 N–H and O–H groups in total. The molecular weight excluding hydrogens is 258 g/mol. The lowest BCUT2D eigenvalue weighted by atomic mass is 10.00. The Morgan fingerprint density at radius 3 is 2.05 bits per heavy atom. The third-order valence-corrected chi connectivity index (χ3v) is 3.65. The molecule has 2 nitrogen and oxygen atoms in total. The van der Waals surface area contributed by atoms with Gasteiger partial charge in [0, 0.05) is 17.3 Å². The second kappa shape index (κ2) is 10.4. The second-order valence-corrected chi connectivity index (χ2v) is 5.17. The molecule has 1 aromatic rings. The Morgan fingerprint density at radius 1 is 1.05 bits per heavy atom. The zero-order chi connectivity index (χ0) is 16.4. The number of Topliss-reactive ketones (excluding diaryl/α,β-unsaturated/α-hetero) is 1. The molecular formula is C19H33NO. The molecule has 0 bridgehead atoms. The summed E-state index contributed by atoms with van der Waals surface area (Å²) in [6, 6.07) is 4.73. The van der Waals surface area contributed by atoms with E-state index >= 15 is 0 Å². The Kier molecular flexibility index (Phi) is 9.77. The van der Waals surface area contributed by atoms with Crippen LogP contribution >= 0.6 is 0 Å². The first-order valence-electron chi connectivity index (χ1n) is 8.46. The minimum Gasteiger partial charge on any atom is -0.382 e. The third-order valence-electron chi connectivity index (χ3n) is 3.65. The number of carbonyl (C=O) groups is 1. The molecule has 0 amide bonds. The van der Waals surface area contributed by atoms with Crippen LogP contribution in [0.4, 0.5) is 5.69 Å². The first kappa shape index (κ1) is 19.7. The SMILES string of the molecule is CC.CC.CC(=O)c1cc(C)cc(NC2CCCC2)c1C. The molecule has 0 spiro atoms. The highest BCUT2D eigenvalue weighted by Crippen LogP contribution is 2.27. The van der Waals surface area contributed by atoms with E-state index in [0.717, 1.165) is 22.4 Å². The maximum absolute atomic E-state index is 11.6. The molecule has 2 rings (SSSR count). The molecule has 0 aromatic heterocycles. The van der Waals surface area contributed by atoms with Crippen molar-refractivity contribution in [2.24, 2.45) is 0 Å². The zero-order valence-electron chi connectivity index (χ0n) is 15.0. The van der Waals surface area contributed by atoms with Gasteiger partial charge in [0.15, 0.2) is 5.78 Å². The summed E-state index contributed by atoms with van der Waals surface area (Å²) in [7, 11) is 0. The number of hydrogen-bond donors (Lipinski definition) is 1. The molecule has 1 aromatic carbocycles. The molecule has 21 heavy (non-hydrogen) atoms. The molecule has 1 aliphatic rings. The Morgan fingerprint density at radius 2 is 1.57 bits per heavy atom. The van der Waals surface area contributed by atoms with Crippen LogP contribution in [0.25, 0.3) is 0 Å². The van der Waals surface area contributed by atoms with Crippen LogP contribution in [0.2, 0.25) is 0 Å². The molecule has 1 aliphatic carbocycles.